The number of carbonyl (C=O) groups excluding carboxylic acids is 1. The lowest BCUT2D eigenvalue weighted by Crippen LogP contribution is -2.06. The van der Waals surface area contributed by atoms with Crippen molar-refractivity contribution in [1.29, 1.82) is 0 Å². The van der Waals surface area contributed by atoms with Crippen molar-refractivity contribution in [1.82, 2.24) is 0 Å². The molecule has 0 radical (unpaired) electrons. The molecule has 0 aromatic heterocycles. The molecule has 0 saturated heterocycles. The summed E-state index contributed by atoms with van der Waals surface area (Å²) in [6.45, 7) is 1.41. The van der Waals surface area contributed by atoms with E-state index in [1.807, 2.05) is 24.3 Å². The molecule has 0 unspecified atom stereocenters. The first-order valence-corrected chi connectivity index (χ1v) is 7.20. The summed E-state index contributed by atoms with van der Waals surface area (Å²) < 4.78 is 5.10. The highest BCUT2D eigenvalue weighted by Crippen LogP contribution is 2.34. The quantitative estimate of drug-likeness (QED) is 0.822. The molecule has 114 valence electrons. The van der Waals surface area contributed by atoms with E-state index in [4.69, 9.17) is 27.9 Å². The van der Waals surface area contributed by atoms with Gasteiger partial charge in [0.25, 0.3) is 0 Å². The van der Waals surface area contributed by atoms with Crippen LogP contribution in [0.4, 0.5) is 11.4 Å². The molecule has 1 N–H and O–H groups in total. The van der Waals surface area contributed by atoms with Gasteiger partial charge in [-0.25, -0.2) is 0 Å². The molecule has 2 aromatic rings. The van der Waals surface area contributed by atoms with Gasteiger partial charge in [-0.1, -0.05) is 23.2 Å². The highest BCUT2D eigenvalue weighted by atomic mass is 35.5. The lowest BCUT2D eigenvalue weighted by molar-refractivity contribution is -0.114. The van der Waals surface area contributed by atoms with E-state index in [9.17, 15) is 4.79 Å². The first-order valence-electron chi connectivity index (χ1n) is 6.44. The lowest BCUT2D eigenvalue weighted by atomic mass is 10.2. The average Bonchev–Trinajstić information content (AvgIpc) is 2.49. The summed E-state index contributed by atoms with van der Waals surface area (Å²) in [5, 5.41) is 3.40. The van der Waals surface area contributed by atoms with Gasteiger partial charge in [-0.3, -0.25) is 9.79 Å². The normalized spacial score (nSPS) is 10.7. The maximum Gasteiger partial charge on any atom is 0.221 e. The highest BCUT2D eigenvalue weighted by Gasteiger charge is 2.07. The minimum Gasteiger partial charge on any atom is -0.497 e. The predicted molar refractivity (Wildman–Crippen MR) is 91.0 cm³/mol. The van der Waals surface area contributed by atoms with Gasteiger partial charge in [-0.15, -0.1) is 0 Å². The number of nitrogens with zero attached hydrogens (tertiary/aromatic N) is 1. The number of carbonyl (C=O) groups is 1. The molecule has 0 fully saturated rings. The second-order valence-corrected chi connectivity index (χ2v) is 5.31. The smallest absolute Gasteiger partial charge is 0.221 e. The molecule has 0 aliphatic rings. The van der Waals surface area contributed by atoms with Gasteiger partial charge >= 0.3 is 0 Å². The van der Waals surface area contributed by atoms with Gasteiger partial charge in [0.1, 0.15) is 5.75 Å². The van der Waals surface area contributed by atoms with Crippen molar-refractivity contribution in [3.63, 3.8) is 0 Å². The molecule has 0 atom stereocenters. The van der Waals surface area contributed by atoms with Crippen molar-refractivity contribution in [3.8, 4) is 5.75 Å². The average molecular weight is 337 g/mol. The molecule has 2 aromatic carbocycles. The van der Waals surface area contributed by atoms with E-state index in [1.165, 1.54) is 6.92 Å². The SMILES string of the molecule is COc1ccc(C=Nc2cc(NC(C)=O)c(Cl)cc2Cl)cc1. The van der Waals surface area contributed by atoms with Crippen LogP contribution in [-0.4, -0.2) is 19.2 Å². The number of nitrogens with one attached hydrogen (secondary N) is 1. The zero-order valence-electron chi connectivity index (χ0n) is 12.1. The molecule has 0 aliphatic heterocycles. The maximum absolute atomic E-state index is 11.1. The number of hydrogen-bond acceptors (Lipinski definition) is 3. The summed E-state index contributed by atoms with van der Waals surface area (Å²) in [5.74, 6) is 0.559. The summed E-state index contributed by atoms with van der Waals surface area (Å²) in [4.78, 5) is 15.5. The Hall–Kier alpha value is -2.04. The number of ether oxygens (including phenoxy) is 1. The van der Waals surface area contributed by atoms with E-state index in [-0.39, 0.29) is 5.91 Å². The summed E-state index contributed by atoms with van der Waals surface area (Å²) in [6.07, 6.45) is 1.67. The van der Waals surface area contributed by atoms with Gasteiger partial charge in [-0.2, -0.15) is 0 Å². The molecule has 0 aliphatic carbocycles. The molecular formula is C16H14Cl2N2O2. The Morgan fingerprint density at radius 2 is 1.86 bits per heavy atom. The third-order valence-corrected chi connectivity index (χ3v) is 3.43. The van der Waals surface area contributed by atoms with Gasteiger partial charge in [0.05, 0.1) is 28.5 Å². The largest absolute Gasteiger partial charge is 0.497 e. The molecule has 22 heavy (non-hydrogen) atoms. The number of anilines is 1. The molecule has 4 nitrogen and oxygen atoms in total. The third-order valence-electron chi connectivity index (χ3n) is 2.82. The maximum atomic E-state index is 11.1. The highest BCUT2D eigenvalue weighted by molar-refractivity contribution is 6.38. The van der Waals surface area contributed by atoms with Crippen molar-refractivity contribution in [3.05, 3.63) is 52.0 Å². The van der Waals surface area contributed by atoms with Crippen LogP contribution in [0, 0.1) is 0 Å². The van der Waals surface area contributed by atoms with E-state index in [0.29, 0.717) is 21.4 Å². The van der Waals surface area contributed by atoms with Gasteiger partial charge in [-0.05, 0) is 42.0 Å². The van der Waals surface area contributed by atoms with E-state index < -0.39 is 0 Å². The van der Waals surface area contributed by atoms with Crippen LogP contribution in [0.5, 0.6) is 5.75 Å². The molecule has 0 heterocycles. The first-order chi connectivity index (χ1) is 10.5. The van der Waals surface area contributed by atoms with Crippen LogP contribution in [0.2, 0.25) is 10.0 Å². The van der Waals surface area contributed by atoms with Crippen LogP contribution < -0.4 is 10.1 Å². The Morgan fingerprint density at radius 1 is 1.18 bits per heavy atom. The Bertz CT molecular complexity index is 713. The van der Waals surface area contributed by atoms with Gasteiger partial charge < -0.3 is 10.1 Å². The second kappa shape index (κ2) is 7.29. The number of aliphatic imine (C=N–C) groups is 1. The van der Waals surface area contributed by atoms with Crippen molar-refractivity contribution in [2.45, 2.75) is 6.92 Å². The zero-order chi connectivity index (χ0) is 16.1. The Balaban J connectivity index is 2.27. The summed E-state index contributed by atoms with van der Waals surface area (Å²) >= 11 is 12.2. The molecular weight excluding hydrogens is 323 g/mol. The summed E-state index contributed by atoms with van der Waals surface area (Å²) in [7, 11) is 1.61. The van der Waals surface area contributed by atoms with E-state index in [0.717, 1.165) is 11.3 Å². The fraction of sp³-hybridized carbons (Fsp3) is 0.125. The number of rotatable bonds is 4. The fourth-order valence-corrected chi connectivity index (χ4v) is 2.24. The van der Waals surface area contributed by atoms with Crippen molar-refractivity contribution < 1.29 is 9.53 Å². The van der Waals surface area contributed by atoms with Crippen LogP contribution >= 0.6 is 23.2 Å². The minimum atomic E-state index is -0.214. The monoisotopic (exact) mass is 336 g/mol. The summed E-state index contributed by atoms with van der Waals surface area (Å²) in [5.41, 5.74) is 1.89. The Morgan fingerprint density at radius 3 is 2.45 bits per heavy atom. The van der Waals surface area contributed by atoms with Gasteiger partial charge in [0, 0.05) is 13.1 Å². The number of hydrogen-bond donors (Lipinski definition) is 1. The molecule has 6 heteroatoms. The lowest BCUT2D eigenvalue weighted by Gasteiger charge is -2.07. The van der Waals surface area contributed by atoms with Crippen LogP contribution in [0.1, 0.15) is 12.5 Å². The van der Waals surface area contributed by atoms with Gasteiger partial charge in [0.2, 0.25) is 5.91 Å². The van der Waals surface area contributed by atoms with Crippen LogP contribution in [0.3, 0.4) is 0 Å². The standard InChI is InChI=1S/C16H14Cl2N2O2/c1-10(21)20-16-8-15(13(17)7-14(16)18)19-9-11-3-5-12(22-2)6-4-11/h3-9H,1-2H3,(H,20,21). The molecule has 0 saturated carbocycles. The number of halogens is 2. The Kier molecular flexibility index (Phi) is 5.41. The molecule has 0 bridgehead atoms. The van der Waals surface area contributed by atoms with Crippen molar-refractivity contribution in [2.75, 3.05) is 12.4 Å². The summed E-state index contributed by atoms with van der Waals surface area (Å²) in [6, 6.07) is 10.6. The first kappa shape index (κ1) is 16.3. The van der Waals surface area contributed by atoms with E-state index in [1.54, 1.807) is 25.5 Å². The molecule has 2 rings (SSSR count). The molecule has 1 amide bonds. The van der Waals surface area contributed by atoms with Gasteiger partial charge in [0.15, 0.2) is 0 Å². The molecule has 0 spiro atoms. The fourth-order valence-electron chi connectivity index (χ4n) is 1.76. The predicted octanol–water partition coefficient (Wildman–Crippen LogP) is 4.71. The topological polar surface area (TPSA) is 50.7 Å². The number of amides is 1. The zero-order valence-corrected chi connectivity index (χ0v) is 13.6. The minimum absolute atomic E-state index is 0.214. The third kappa shape index (κ3) is 4.23. The van der Waals surface area contributed by atoms with Crippen molar-refractivity contribution in [2.24, 2.45) is 4.99 Å². The second-order valence-electron chi connectivity index (χ2n) is 4.50. The van der Waals surface area contributed by atoms with Crippen LogP contribution in [0.15, 0.2) is 41.4 Å². The van der Waals surface area contributed by atoms with E-state index in [2.05, 4.69) is 10.3 Å². The number of benzene rings is 2. The Labute approximate surface area is 138 Å². The van der Waals surface area contributed by atoms with Crippen molar-refractivity contribution >= 4 is 46.7 Å². The van der Waals surface area contributed by atoms with E-state index >= 15 is 0 Å². The van der Waals surface area contributed by atoms with Crippen LogP contribution in [-0.2, 0) is 4.79 Å². The number of methoxy groups -OCH3 is 1. The van der Waals surface area contributed by atoms with Crippen LogP contribution in [0.25, 0.3) is 0 Å².